The third-order valence-electron chi connectivity index (χ3n) is 5.33. The number of halogens is 2. The molecular formula is C21H22BrFN2OS. The van der Waals surface area contributed by atoms with Crippen molar-refractivity contribution in [1.29, 1.82) is 0 Å². The maximum atomic E-state index is 13.6. The van der Waals surface area contributed by atoms with Crippen molar-refractivity contribution in [2.75, 3.05) is 18.8 Å². The largest absolute Gasteiger partial charge is 0.323 e. The Labute approximate surface area is 172 Å². The van der Waals surface area contributed by atoms with Crippen LogP contribution in [0.4, 0.5) is 4.39 Å². The van der Waals surface area contributed by atoms with E-state index >= 15 is 0 Å². The van der Waals surface area contributed by atoms with E-state index in [0.717, 1.165) is 38.0 Å². The van der Waals surface area contributed by atoms with Crippen molar-refractivity contribution in [3.63, 3.8) is 0 Å². The predicted molar refractivity (Wildman–Crippen MR) is 111 cm³/mol. The highest BCUT2D eigenvalue weighted by Crippen LogP contribution is 2.42. The summed E-state index contributed by atoms with van der Waals surface area (Å²) in [5.74, 6) is 0.435. The van der Waals surface area contributed by atoms with Crippen LogP contribution in [0.1, 0.15) is 29.3 Å². The van der Waals surface area contributed by atoms with E-state index in [9.17, 15) is 9.18 Å². The molecular weight excluding hydrogens is 427 g/mol. The zero-order chi connectivity index (χ0) is 18.8. The van der Waals surface area contributed by atoms with E-state index in [0.29, 0.717) is 10.2 Å². The number of hydrogen-bond acceptors (Lipinski definition) is 3. The molecule has 2 aromatic rings. The lowest BCUT2D eigenvalue weighted by Crippen LogP contribution is -2.46. The van der Waals surface area contributed by atoms with Gasteiger partial charge in [-0.1, -0.05) is 36.4 Å². The van der Waals surface area contributed by atoms with Gasteiger partial charge in [-0.05, 0) is 52.0 Å². The fourth-order valence-corrected chi connectivity index (χ4v) is 5.59. The average Bonchev–Trinajstić information content (AvgIpc) is 3.07. The molecule has 0 N–H and O–H groups in total. The third-order valence-corrected chi connectivity index (χ3v) is 7.17. The average molecular weight is 449 g/mol. The fraction of sp³-hybridized carbons (Fsp3) is 0.381. The summed E-state index contributed by atoms with van der Waals surface area (Å²) in [5, 5.41) is -0.0138. The van der Waals surface area contributed by atoms with Crippen molar-refractivity contribution in [3.05, 3.63) is 69.9 Å². The molecule has 6 heteroatoms. The number of carbonyl (C=O) groups excluding carboxylic acids is 1. The van der Waals surface area contributed by atoms with E-state index in [4.69, 9.17) is 0 Å². The Morgan fingerprint density at radius 2 is 1.85 bits per heavy atom. The molecule has 0 bridgehead atoms. The number of thioether (sulfide) groups is 1. The Kier molecular flexibility index (Phi) is 5.85. The number of amides is 1. The van der Waals surface area contributed by atoms with Gasteiger partial charge in [0.05, 0.1) is 10.2 Å². The Bertz CT molecular complexity index is 811. The van der Waals surface area contributed by atoms with Gasteiger partial charge in [-0.3, -0.25) is 9.69 Å². The zero-order valence-electron chi connectivity index (χ0n) is 15.0. The van der Waals surface area contributed by atoms with E-state index in [2.05, 4.69) is 45.1 Å². The Balaban J connectivity index is 1.42. The monoisotopic (exact) mass is 448 g/mol. The molecule has 2 fully saturated rings. The summed E-state index contributed by atoms with van der Waals surface area (Å²) in [7, 11) is 0. The van der Waals surface area contributed by atoms with Gasteiger partial charge in [-0.25, -0.2) is 4.39 Å². The molecule has 2 aromatic carbocycles. The molecule has 0 radical (unpaired) electrons. The second kappa shape index (κ2) is 8.33. The molecule has 142 valence electrons. The minimum Gasteiger partial charge on any atom is -0.323 e. The topological polar surface area (TPSA) is 23.6 Å². The number of rotatable bonds is 4. The molecule has 3 nitrogen and oxygen atoms in total. The smallest absolute Gasteiger partial charge is 0.234 e. The Hall–Kier alpha value is -1.37. The lowest BCUT2D eigenvalue weighted by atomic mass is 10.0. The number of carbonyl (C=O) groups is 1. The van der Waals surface area contributed by atoms with Crippen LogP contribution in [-0.4, -0.2) is 40.6 Å². The lowest BCUT2D eigenvalue weighted by molar-refractivity contribution is -0.131. The van der Waals surface area contributed by atoms with Crippen LogP contribution < -0.4 is 0 Å². The summed E-state index contributed by atoms with van der Waals surface area (Å²) in [5.41, 5.74) is 2.32. The maximum absolute atomic E-state index is 13.6. The van der Waals surface area contributed by atoms with Gasteiger partial charge in [0.1, 0.15) is 11.2 Å². The van der Waals surface area contributed by atoms with Crippen molar-refractivity contribution in [1.82, 2.24) is 9.80 Å². The quantitative estimate of drug-likeness (QED) is 0.669. The first-order valence-corrected chi connectivity index (χ1v) is 11.1. The summed E-state index contributed by atoms with van der Waals surface area (Å²) < 4.78 is 14.1. The number of nitrogens with zero attached hydrogens (tertiary/aromatic N) is 2. The van der Waals surface area contributed by atoms with E-state index in [1.807, 2.05) is 17.0 Å². The van der Waals surface area contributed by atoms with Crippen LogP contribution in [0, 0.1) is 5.82 Å². The summed E-state index contributed by atoms with van der Waals surface area (Å²) in [6, 6.07) is 15.9. The molecule has 1 atom stereocenters. The third kappa shape index (κ3) is 4.23. The fourth-order valence-electron chi connectivity index (χ4n) is 3.95. The first-order valence-electron chi connectivity index (χ1n) is 9.26. The molecule has 1 unspecified atom stereocenters. The second-order valence-corrected chi connectivity index (χ2v) is 9.05. The lowest BCUT2D eigenvalue weighted by Gasteiger charge is -2.39. The predicted octanol–water partition coefficient (Wildman–Crippen LogP) is 4.83. The summed E-state index contributed by atoms with van der Waals surface area (Å²) >= 11 is 4.91. The molecule has 4 rings (SSSR count). The Morgan fingerprint density at radius 1 is 1.11 bits per heavy atom. The highest BCUT2D eigenvalue weighted by molar-refractivity contribution is 9.10. The highest BCUT2D eigenvalue weighted by atomic mass is 79.9. The molecule has 2 saturated heterocycles. The van der Waals surface area contributed by atoms with Crippen molar-refractivity contribution in [2.24, 2.45) is 0 Å². The molecule has 27 heavy (non-hydrogen) atoms. The van der Waals surface area contributed by atoms with Crippen LogP contribution in [0.2, 0.25) is 0 Å². The van der Waals surface area contributed by atoms with Crippen LogP contribution in [-0.2, 0) is 11.3 Å². The molecule has 2 aliphatic heterocycles. The van der Waals surface area contributed by atoms with Crippen LogP contribution in [0.25, 0.3) is 0 Å². The summed E-state index contributed by atoms with van der Waals surface area (Å²) in [4.78, 5) is 17.1. The first-order chi connectivity index (χ1) is 13.1. The van der Waals surface area contributed by atoms with Gasteiger partial charge in [-0.2, -0.15) is 0 Å². The molecule has 0 aromatic heterocycles. The minimum absolute atomic E-state index is 0.0138. The number of piperidine rings is 1. The zero-order valence-corrected chi connectivity index (χ0v) is 17.4. The van der Waals surface area contributed by atoms with Crippen molar-refractivity contribution < 1.29 is 9.18 Å². The molecule has 2 aliphatic rings. The van der Waals surface area contributed by atoms with Gasteiger partial charge in [0.15, 0.2) is 0 Å². The van der Waals surface area contributed by atoms with Crippen LogP contribution >= 0.6 is 27.7 Å². The van der Waals surface area contributed by atoms with Gasteiger partial charge in [0.2, 0.25) is 5.91 Å². The summed E-state index contributed by atoms with van der Waals surface area (Å²) in [6.07, 6.45) is 1.97. The SMILES string of the molecule is O=C1CSC(c2ccc(F)c(Br)c2)N1C1CCN(Cc2ccccc2)CC1. The number of benzene rings is 2. The standard InChI is InChI=1S/C21H22BrFN2OS/c22-18-12-16(6-7-19(18)23)21-25(20(26)14-27-21)17-8-10-24(11-9-17)13-15-4-2-1-3-5-15/h1-7,12,17,21H,8-11,13-14H2. The van der Waals surface area contributed by atoms with Gasteiger partial charge in [-0.15, -0.1) is 11.8 Å². The van der Waals surface area contributed by atoms with Crippen LogP contribution in [0.3, 0.4) is 0 Å². The van der Waals surface area contributed by atoms with Crippen molar-refractivity contribution >= 4 is 33.6 Å². The maximum Gasteiger partial charge on any atom is 0.234 e. The molecule has 0 aliphatic carbocycles. The molecule has 2 heterocycles. The Morgan fingerprint density at radius 3 is 2.56 bits per heavy atom. The number of likely N-dealkylation sites (tertiary alicyclic amines) is 1. The highest BCUT2D eigenvalue weighted by Gasteiger charge is 2.39. The second-order valence-electron chi connectivity index (χ2n) is 7.13. The van der Waals surface area contributed by atoms with Gasteiger partial charge < -0.3 is 4.90 Å². The molecule has 1 amide bonds. The van der Waals surface area contributed by atoms with Crippen LogP contribution in [0.15, 0.2) is 53.0 Å². The molecule has 0 saturated carbocycles. The van der Waals surface area contributed by atoms with E-state index in [1.165, 1.54) is 11.6 Å². The van der Waals surface area contributed by atoms with Gasteiger partial charge in [0, 0.05) is 25.7 Å². The normalized spacial score (nSPS) is 21.8. The van der Waals surface area contributed by atoms with Gasteiger partial charge in [0.25, 0.3) is 0 Å². The first kappa shape index (κ1) is 19.0. The minimum atomic E-state index is -0.270. The van der Waals surface area contributed by atoms with Crippen molar-refractivity contribution in [2.45, 2.75) is 30.8 Å². The molecule has 0 spiro atoms. The van der Waals surface area contributed by atoms with E-state index in [-0.39, 0.29) is 23.1 Å². The van der Waals surface area contributed by atoms with E-state index in [1.54, 1.807) is 17.8 Å². The van der Waals surface area contributed by atoms with Crippen molar-refractivity contribution in [3.8, 4) is 0 Å². The van der Waals surface area contributed by atoms with Crippen LogP contribution in [0.5, 0.6) is 0 Å². The number of hydrogen-bond donors (Lipinski definition) is 0. The van der Waals surface area contributed by atoms with Gasteiger partial charge >= 0.3 is 0 Å². The van der Waals surface area contributed by atoms with E-state index < -0.39 is 0 Å². The summed E-state index contributed by atoms with van der Waals surface area (Å²) in [6.45, 7) is 2.95.